The van der Waals surface area contributed by atoms with Gasteiger partial charge in [-0.05, 0) is 89.0 Å². The molecule has 2 aromatic heterocycles. The molecule has 0 amide bonds. The quantitative estimate of drug-likeness (QED) is 0.190. The van der Waals surface area contributed by atoms with Crippen LogP contribution in [-0.4, -0.2) is 13.7 Å². The molecule has 5 nitrogen and oxygen atoms in total. The second-order valence-electron chi connectivity index (χ2n) is 12.2. The van der Waals surface area contributed by atoms with Gasteiger partial charge in [-0.2, -0.15) is 0 Å². The van der Waals surface area contributed by atoms with Crippen molar-refractivity contribution >= 4 is 32.7 Å². The van der Waals surface area contributed by atoms with E-state index in [2.05, 4.69) is 47.0 Å². The van der Waals surface area contributed by atoms with Crippen LogP contribution in [0.5, 0.6) is 0 Å². The van der Waals surface area contributed by atoms with Gasteiger partial charge in [-0.25, -0.2) is 9.36 Å². The molecule has 9 aromatic rings. The predicted octanol–water partition coefficient (Wildman–Crippen LogP) is 9.57. The van der Waals surface area contributed by atoms with Crippen molar-refractivity contribution in [1.82, 2.24) is 13.7 Å². The molecule has 0 radical (unpaired) electrons. The van der Waals surface area contributed by atoms with E-state index in [1.54, 1.807) is 10.6 Å². The van der Waals surface area contributed by atoms with Gasteiger partial charge in [-0.1, -0.05) is 109 Å². The third kappa shape index (κ3) is 4.71. The summed E-state index contributed by atoms with van der Waals surface area (Å²) in [5, 5.41) is 2.56. The maximum absolute atomic E-state index is 14.8. The summed E-state index contributed by atoms with van der Waals surface area (Å²) in [5.41, 5.74) is 7.95. The molecule has 0 fully saturated rings. The lowest BCUT2D eigenvalue weighted by atomic mass is 9.98. The van der Waals surface area contributed by atoms with Crippen LogP contribution < -0.4 is 11.2 Å². The van der Waals surface area contributed by atoms with Gasteiger partial charge in [0.2, 0.25) is 0 Å². The average molecular weight is 632 g/mol. The number of aromatic nitrogens is 3. The van der Waals surface area contributed by atoms with E-state index in [4.69, 9.17) is 0 Å². The van der Waals surface area contributed by atoms with Crippen molar-refractivity contribution < 1.29 is 0 Å². The van der Waals surface area contributed by atoms with Crippen molar-refractivity contribution in [3.63, 3.8) is 0 Å². The SMILES string of the molecule is O=c1c2ccccc2n(-c2ccc3c(c2)c2ccccc2n3-c2ccccc2)c(=O)n1-c1cc(-c2ccccc2)cc(-c2ccccc2)c1. The summed E-state index contributed by atoms with van der Waals surface area (Å²) in [6.07, 6.45) is 0. The highest BCUT2D eigenvalue weighted by atomic mass is 16.2. The number of fused-ring (bicyclic) bond motifs is 4. The number of hydrogen-bond acceptors (Lipinski definition) is 2. The lowest BCUT2D eigenvalue weighted by Gasteiger charge is -2.17. The molecule has 2 heterocycles. The highest BCUT2D eigenvalue weighted by Gasteiger charge is 2.19. The number of benzene rings is 7. The van der Waals surface area contributed by atoms with Crippen molar-refractivity contribution in [3.05, 3.63) is 197 Å². The van der Waals surface area contributed by atoms with Crippen LogP contribution in [0.4, 0.5) is 0 Å². The summed E-state index contributed by atoms with van der Waals surface area (Å²) in [5.74, 6) is 0. The Morgan fingerprint density at radius 3 is 1.45 bits per heavy atom. The molecule has 0 atom stereocenters. The summed E-state index contributed by atoms with van der Waals surface area (Å²) in [6.45, 7) is 0. The first kappa shape index (κ1) is 28.5. The highest BCUT2D eigenvalue weighted by Crippen LogP contribution is 2.34. The van der Waals surface area contributed by atoms with Gasteiger partial charge in [-0.15, -0.1) is 0 Å². The molecule has 0 saturated carbocycles. The lowest BCUT2D eigenvalue weighted by Crippen LogP contribution is -2.38. The molecule has 0 spiro atoms. The van der Waals surface area contributed by atoms with Crippen LogP contribution in [0.1, 0.15) is 0 Å². The molecular weight excluding hydrogens is 603 g/mol. The molecule has 0 aliphatic heterocycles. The first-order chi connectivity index (χ1) is 24.2. The normalized spacial score (nSPS) is 11.4. The van der Waals surface area contributed by atoms with Crippen LogP contribution in [0.3, 0.4) is 0 Å². The van der Waals surface area contributed by atoms with Crippen molar-refractivity contribution in [2.45, 2.75) is 0 Å². The van der Waals surface area contributed by atoms with E-state index in [9.17, 15) is 9.59 Å². The largest absolute Gasteiger partial charge is 0.340 e. The Kier molecular flexibility index (Phi) is 6.69. The van der Waals surface area contributed by atoms with Crippen LogP contribution in [0.25, 0.3) is 72.0 Å². The first-order valence-corrected chi connectivity index (χ1v) is 16.3. The first-order valence-electron chi connectivity index (χ1n) is 16.3. The maximum atomic E-state index is 14.8. The minimum Gasteiger partial charge on any atom is -0.309 e. The number of nitrogens with zero attached hydrogens (tertiary/aromatic N) is 3. The molecule has 5 heteroatoms. The highest BCUT2D eigenvalue weighted by molar-refractivity contribution is 6.10. The Morgan fingerprint density at radius 1 is 0.306 bits per heavy atom. The van der Waals surface area contributed by atoms with Crippen molar-refractivity contribution in [3.8, 4) is 39.3 Å². The van der Waals surface area contributed by atoms with E-state index in [1.807, 2.05) is 127 Å². The van der Waals surface area contributed by atoms with Gasteiger partial charge < -0.3 is 4.57 Å². The van der Waals surface area contributed by atoms with E-state index in [0.29, 0.717) is 22.3 Å². The standard InChI is InChI=1S/C44H29N3O2/c48-43-38-21-11-13-23-41(38)46(35-24-25-42-39(29-35)37-20-10-12-22-40(37)45(42)34-18-8-3-9-19-34)44(49)47(43)36-27-32(30-14-4-1-5-15-30)26-33(28-36)31-16-6-2-7-17-31/h1-29H. The lowest BCUT2D eigenvalue weighted by molar-refractivity contribution is 0.835. The van der Waals surface area contributed by atoms with Crippen LogP contribution >= 0.6 is 0 Å². The van der Waals surface area contributed by atoms with E-state index >= 15 is 0 Å². The van der Waals surface area contributed by atoms with Gasteiger partial charge in [0.05, 0.1) is 33.3 Å². The zero-order chi connectivity index (χ0) is 32.9. The molecule has 0 saturated heterocycles. The molecule has 0 N–H and O–H groups in total. The summed E-state index contributed by atoms with van der Waals surface area (Å²) < 4.78 is 5.23. The van der Waals surface area contributed by atoms with Crippen LogP contribution in [0.15, 0.2) is 186 Å². The minimum absolute atomic E-state index is 0.358. The number of hydrogen-bond donors (Lipinski definition) is 0. The fourth-order valence-corrected chi connectivity index (χ4v) is 7.03. The molecule has 7 aromatic carbocycles. The molecule has 49 heavy (non-hydrogen) atoms. The van der Waals surface area contributed by atoms with Crippen LogP contribution in [0.2, 0.25) is 0 Å². The maximum Gasteiger partial charge on any atom is 0.340 e. The van der Waals surface area contributed by atoms with Crippen molar-refractivity contribution in [2.75, 3.05) is 0 Å². The van der Waals surface area contributed by atoms with Crippen molar-refractivity contribution in [2.24, 2.45) is 0 Å². The van der Waals surface area contributed by atoms with Gasteiger partial charge in [-0.3, -0.25) is 9.36 Å². The summed E-state index contributed by atoms with van der Waals surface area (Å²) >= 11 is 0. The van der Waals surface area contributed by atoms with Gasteiger partial charge in [0, 0.05) is 16.5 Å². The Bertz CT molecular complexity index is 2740. The summed E-state index contributed by atoms with van der Waals surface area (Å²) in [6, 6.07) is 58.1. The summed E-state index contributed by atoms with van der Waals surface area (Å²) in [7, 11) is 0. The Morgan fingerprint density at radius 2 is 0.816 bits per heavy atom. The monoisotopic (exact) mass is 631 g/mol. The van der Waals surface area contributed by atoms with E-state index in [1.165, 1.54) is 4.57 Å². The van der Waals surface area contributed by atoms with Gasteiger partial charge in [0.1, 0.15) is 0 Å². The number of rotatable bonds is 5. The molecule has 232 valence electrons. The Hall–Kier alpha value is -6.72. The fourth-order valence-electron chi connectivity index (χ4n) is 7.03. The van der Waals surface area contributed by atoms with E-state index < -0.39 is 5.69 Å². The van der Waals surface area contributed by atoms with Gasteiger partial charge in [0.15, 0.2) is 0 Å². The van der Waals surface area contributed by atoms with E-state index in [0.717, 1.165) is 49.7 Å². The smallest absolute Gasteiger partial charge is 0.309 e. The summed E-state index contributed by atoms with van der Waals surface area (Å²) in [4.78, 5) is 29.2. The van der Waals surface area contributed by atoms with Crippen LogP contribution in [-0.2, 0) is 0 Å². The molecular formula is C44H29N3O2. The average Bonchev–Trinajstić information content (AvgIpc) is 3.50. The predicted molar refractivity (Wildman–Crippen MR) is 200 cm³/mol. The molecule has 0 aliphatic carbocycles. The molecule has 0 unspecified atom stereocenters. The van der Waals surface area contributed by atoms with Gasteiger partial charge in [0.25, 0.3) is 5.56 Å². The van der Waals surface area contributed by atoms with Gasteiger partial charge >= 0.3 is 5.69 Å². The zero-order valence-electron chi connectivity index (χ0n) is 26.4. The second-order valence-corrected chi connectivity index (χ2v) is 12.2. The second kappa shape index (κ2) is 11.5. The Balaban J connectivity index is 1.33. The molecule has 0 aliphatic rings. The number of para-hydroxylation sites is 3. The minimum atomic E-state index is -0.431. The molecule has 9 rings (SSSR count). The Labute approximate surface area is 281 Å². The zero-order valence-corrected chi connectivity index (χ0v) is 26.4. The topological polar surface area (TPSA) is 48.9 Å². The third-order valence-corrected chi connectivity index (χ3v) is 9.28. The molecule has 0 bridgehead atoms. The van der Waals surface area contributed by atoms with E-state index in [-0.39, 0.29) is 5.56 Å². The fraction of sp³-hybridized carbons (Fsp3) is 0. The van der Waals surface area contributed by atoms with Crippen LogP contribution in [0, 0.1) is 0 Å². The third-order valence-electron chi connectivity index (χ3n) is 9.28. The van der Waals surface area contributed by atoms with Crippen molar-refractivity contribution in [1.29, 1.82) is 0 Å².